The van der Waals surface area contributed by atoms with Crippen molar-refractivity contribution in [2.45, 2.75) is 161 Å². The molecule has 1 amide bonds. The van der Waals surface area contributed by atoms with Gasteiger partial charge in [0, 0.05) is 6.42 Å². The van der Waals surface area contributed by atoms with Crippen LogP contribution in [0.25, 0.3) is 0 Å². The fourth-order valence-electron chi connectivity index (χ4n) is 4.56. The molecule has 0 aliphatic carbocycles. The van der Waals surface area contributed by atoms with Crippen molar-refractivity contribution in [2.75, 3.05) is 5.75 Å². The lowest BCUT2D eigenvalue weighted by Gasteiger charge is -2.24. The third-order valence-electron chi connectivity index (χ3n) is 7.03. The Morgan fingerprint density at radius 2 is 1.21 bits per heavy atom. The Hall–Kier alpha value is -1.22. The maximum Gasteiger partial charge on any atom is 0.266 e. The molecule has 0 aromatic rings. The van der Waals surface area contributed by atoms with Gasteiger partial charge in [-0.1, -0.05) is 134 Å². The van der Waals surface area contributed by atoms with Gasteiger partial charge in [0.1, 0.15) is 6.10 Å². The van der Waals surface area contributed by atoms with E-state index in [1.165, 1.54) is 77.0 Å². The lowest BCUT2D eigenvalue weighted by atomic mass is 10.0. The van der Waals surface area contributed by atoms with Gasteiger partial charge >= 0.3 is 0 Å². The van der Waals surface area contributed by atoms with Crippen molar-refractivity contribution in [3.63, 3.8) is 0 Å². The molecule has 0 bridgehead atoms. The predicted octanol–water partition coefficient (Wildman–Crippen LogP) is 7.04. The molecule has 0 radical (unpaired) electrons. The number of unbranched alkanes of at least 4 members (excludes halogenated alkanes) is 15. The van der Waals surface area contributed by atoms with E-state index in [1.54, 1.807) is 6.08 Å². The molecular formula is C31H59NO6S. The number of hydrogen-bond donors (Lipinski definition) is 4. The summed E-state index contributed by atoms with van der Waals surface area (Å²) in [5.74, 6) is -1.54. The zero-order valence-electron chi connectivity index (χ0n) is 24.9. The van der Waals surface area contributed by atoms with Crippen molar-refractivity contribution in [3.8, 4) is 0 Å². The number of rotatable bonds is 27. The number of carbonyl (C=O) groups excluding carboxylic acids is 1. The third-order valence-corrected chi connectivity index (χ3v) is 7.81. The van der Waals surface area contributed by atoms with Crippen LogP contribution in [0.5, 0.6) is 0 Å². The van der Waals surface area contributed by atoms with Crippen LogP contribution in [0.4, 0.5) is 0 Å². The first-order valence-electron chi connectivity index (χ1n) is 15.6. The van der Waals surface area contributed by atoms with E-state index in [9.17, 15) is 28.0 Å². The maximum atomic E-state index is 12.4. The Morgan fingerprint density at radius 1 is 0.718 bits per heavy atom. The summed E-state index contributed by atoms with van der Waals surface area (Å²) in [6, 6.07) is -1.17. The van der Waals surface area contributed by atoms with Crippen LogP contribution < -0.4 is 5.32 Å². The second-order valence-electron chi connectivity index (χ2n) is 10.9. The van der Waals surface area contributed by atoms with Crippen molar-refractivity contribution < 1.29 is 28.0 Å². The quantitative estimate of drug-likeness (QED) is 0.0475. The summed E-state index contributed by atoms with van der Waals surface area (Å²) in [6.07, 6.45) is 26.5. The lowest BCUT2D eigenvalue weighted by Crippen LogP contribution is -2.50. The van der Waals surface area contributed by atoms with Gasteiger partial charge in [-0.15, -0.1) is 0 Å². The molecule has 3 unspecified atom stereocenters. The van der Waals surface area contributed by atoms with Crippen LogP contribution in [0.1, 0.15) is 142 Å². The first-order chi connectivity index (χ1) is 18.7. The number of amides is 1. The van der Waals surface area contributed by atoms with Crippen molar-refractivity contribution >= 4 is 16.0 Å². The molecular weight excluding hydrogens is 514 g/mol. The minimum absolute atomic E-state index is 0.0875. The largest absolute Gasteiger partial charge is 0.391 e. The molecule has 3 atom stereocenters. The molecule has 8 heteroatoms. The molecule has 0 aromatic heterocycles. The van der Waals surface area contributed by atoms with Gasteiger partial charge in [0.15, 0.2) is 0 Å². The van der Waals surface area contributed by atoms with E-state index in [0.29, 0.717) is 19.3 Å². The minimum Gasteiger partial charge on any atom is -0.391 e. The number of nitrogens with one attached hydrogen (secondary N) is 1. The molecule has 7 nitrogen and oxygen atoms in total. The summed E-state index contributed by atoms with van der Waals surface area (Å²) in [5.41, 5.74) is 0. The van der Waals surface area contributed by atoms with Gasteiger partial charge in [-0.05, 0) is 25.7 Å². The molecule has 230 valence electrons. The molecule has 0 aromatic carbocycles. The standard InChI is InChI=1S/C31H59NO6S/c1-3-5-7-9-11-13-15-16-18-20-22-24-26-30(34)31(35)32-28(27-39(36,37)38)29(33)25-23-21-19-17-14-12-10-8-6-4-2/h16,18,22,24,28-30,33-34H,3-15,17,19-21,23,25-27H2,1-2H3,(H,32,35)(H,36,37,38)/b18-16-,24-22-. The molecule has 39 heavy (non-hydrogen) atoms. The van der Waals surface area contributed by atoms with E-state index >= 15 is 0 Å². The summed E-state index contributed by atoms with van der Waals surface area (Å²) < 4.78 is 32.2. The zero-order chi connectivity index (χ0) is 29.2. The normalized spacial score (nSPS) is 14.7. The average Bonchev–Trinajstić information content (AvgIpc) is 2.88. The summed E-state index contributed by atoms with van der Waals surface area (Å²) in [7, 11) is -4.41. The maximum absolute atomic E-state index is 12.4. The zero-order valence-corrected chi connectivity index (χ0v) is 25.7. The Kier molecular flexibility index (Phi) is 24.9. The van der Waals surface area contributed by atoms with E-state index in [1.807, 2.05) is 6.08 Å². The van der Waals surface area contributed by atoms with Crippen LogP contribution in [0.3, 0.4) is 0 Å². The minimum atomic E-state index is -4.41. The molecule has 0 fully saturated rings. The number of aliphatic hydroxyl groups is 2. The SMILES string of the molecule is CCCCCCCC/C=C\C/C=C\CC(O)C(=O)NC(CS(=O)(=O)O)C(O)CCCCCCCCCCCC. The molecule has 0 saturated heterocycles. The molecule has 0 spiro atoms. The van der Waals surface area contributed by atoms with Gasteiger partial charge in [-0.3, -0.25) is 9.35 Å². The van der Waals surface area contributed by atoms with E-state index in [2.05, 4.69) is 31.3 Å². The van der Waals surface area contributed by atoms with Crippen molar-refractivity contribution in [1.82, 2.24) is 5.32 Å². The van der Waals surface area contributed by atoms with Crippen molar-refractivity contribution in [2.24, 2.45) is 0 Å². The summed E-state index contributed by atoms with van der Waals surface area (Å²) >= 11 is 0. The number of allylic oxidation sites excluding steroid dienone is 3. The Bertz CT molecular complexity index is 737. The molecule has 4 N–H and O–H groups in total. The van der Waals surface area contributed by atoms with Crippen LogP contribution in [0, 0.1) is 0 Å². The molecule has 0 aliphatic rings. The number of carbonyl (C=O) groups is 1. The Balaban J connectivity index is 4.29. The Morgan fingerprint density at radius 3 is 1.74 bits per heavy atom. The van der Waals surface area contributed by atoms with Crippen LogP contribution in [0.2, 0.25) is 0 Å². The third kappa shape index (κ3) is 25.5. The van der Waals surface area contributed by atoms with Crippen molar-refractivity contribution in [3.05, 3.63) is 24.3 Å². The number of hydrogen-bond acceptors (Lipinski definition) is 5. The highest BCUT2D eigenvalue weighted by Crippen LogP contribution is 2.14. The van der Waals surface area contributed by atoms with E-state index in [0.717, 1.165) is 25.7 Å². The van der Waals surface area contributed by atoms with E-state index < -0.39 is 40.0 Å². The van der Waals surface area contributed by atoms with Gasteiger partial charge in [0.2, 0.25) is 5.91 Å². The molecule has 0 heterocycles. The second kappa shape index (κ2) is 25.7. The average molecular weight is 574 g/mol. The van der Waals surface area contributed by atoms with Crippen LogP contribution in [-0.2, 0) is 14.9 Å². The first kappa shape index (κ1) is 37.8. The van der Waals surface area contributed by atoms with Crippen LogP contribution in [-0.4, -0.2) is 53.1 Å². The smallest absolute Gasteiger partial charge is 0.266 e. The van der Waals surface area contributed by atoms with Crippen molar-refractivity contribution in [1.29, 1.82) is 0 Å². The van der Waals surface area contributed by atoms with Crippen LogP contribution in [0.15, 0.2) is 24.3 Å². The highest BCUT2D eigenvalue weighted by Gasteiger charge is 2.28. The van der Waals surface area contributed by atoms with E-state index in [-0.39, 0.29) is 6.42 Å². The summed E-state index contributed by atoms with van der Waals surface area (Å²) in [4.78, 5) is 12.4. The highest BCUT2D eigenvalue weighted by atomic mass is 32.2. The fourth-order valence-corrected chi connectivity index (χ4v) is 5.32. The Labute approximate surface area is 239 Å². The summed E-state index contributed by atoms with van der Waals surface area (Å²) in [6.45, 7) is 4.42. The van der Waals surface area contributed by atoms with Gasteiger partial charge < -0.3 is 15.5 Å². The molecule has 0 aliphatic heterocycles. The lowest BCUT2D eigenvalue weighted by molar-refractivity contribution is -0.130. The first-order valence-corrected chi connectivity index (χ1v) is 17.2. The van der Waals surface area contributed by atoms with E-state index in [4.69, 9.17) is 0 Å². The monoisotopic (exact) mass is 573 g/mol. The van der Waals surface area contributed by atoms with Gasteiger partial charge in [0.05, 0.1) is 17.9 Å². The highest BCUT2D eigenvalue weighted by molar-refractivity contribution is 7.85. The van der Waals surface area contributed by atoms with Gasteiger partial charge in [0.25, 0.3) is 10.1 Å². The second-order valence-corrected chi connectivity index (χ2v) is 12.4. The molecule has 0 rings (SSSR count). The van der Waals surface area contributed by atoms with Gasteiger partial charge in [-0.2, -0.15) is 8.42 Å². The van der Waals surface area contributed by atoms with Crippen LogP contribution >= 0.6 is 0 Å². The number of aliphatic hydroxyl groups excluding tert-OH is 2. The molecule has 0 saturated carbocycles. The predicted molar refractivity (Wildman–Crippen MR) is 162 cm³/mol. The topological polar surface area (TPSA) is 124 Å². The fraction of sp³-hybridized carbons (Fsp3) is 0.839. The van der Waals surface area contributed by atoms with Gasteiger partial charge in [-0.25, -0.2) is 0 Å². The summed E-state index contributed by atoms with van der Waals surface area (Å²) in [5, 5.41) is 23.1.